The molecular formula is C13H13Br2NO2. The van der Waals surface area contributed by atoms with Crippen molar-refractivity contribution in [2.45, 2.75) is 13.0 Å². The molecule has 0 aliphatic heterocycles. The standard InChI is InChI=1S/C13H13Br2NO2/c14-12-7-11(18-13(12)15)8-16-10-3-1-9(2-4-10)5-6-17/h1-4,7,16-17H,5-6,8H2. The van der Waals surface area contributed by atoms with Gasteiger partial charge in [0.1, 0.15) is 5.76 Å². The highest BCUT2D eigenvalue weighted by Gasteiger charge is 2.05. The average molecular weight is 375 g/mol. The van der Waals surface area contributed by atoms with Crippen molar-refractivity contribution in [2.24, 2.45) is 0 Å². The van der Waals surface area contributed by atoms with Gasteiger partial charge in [0.15, 0.2) is 4.67 Å². The molecule has 0 radical (unpaired) electrons. The SMILES string of the molecule is OCCc1ccc(NCc2cc(Br)c(Br)o2)cc1. The Morgan fingerprint density at radius 1 is 1.17 bits per heavy atom. The van der Waals surface area contributed by atoms with Crippen LogP contribution in [0.15, 0.2) is 43.9 Å². The third kappa shape index (κ3) is 3.60. The fraction of sp³-hybridized carbons (Fsp3) is 0.231. The Hall–Kier alpha value is -0.780. The molecular weight excluding hydrogens is 362 g/mol. The minimum absolute atomic E-state index is 0.182. The molecule has 0 aliphatic rings. The summed E-state index contributed by atoms with van der Waals surface area (Å²) in [7, 11) is 0. The summed E-state index contributed by atoms with van der Waals surface area (Å²) in [5.41, 5.74) is 2.16. The maximum absolute atomic E-state index is 8.83. The van der Waals surface area contributed by atoms with Crippen molar-refractivity contribution >= 4 is 37.5 Å². The molecule has 0 saturated carbocycles. The van der Waals surface area contributed by atoms with E-state index in [2.05, 4.69) is 37.2 Å². The van der Waals surface area contributed by atoms with E-state index in [1.54, 1.807) is 0 Å². The zero-order valence-corrected chi connectivity index (χ0v) is 12.8. The average Bonchev–Trinajstić information content (AvgIpc) is 2.68. The van der Waals surface area contributed by atoms with E-state index in [4.69, 9.17) is 9.52 Å². The summed E-state index contributed by atoms with van der Waals surface area (Å²) in [4.78, 5) is 0. The van der Waals surface area contributed by atoms with Crippen molar-refractivity contribution in [3.8, 4) is 0 Å². The second kappa shape index (κ2) is 6.41. The summed E-state index contributed by atoms with van der Waals surface area (Å²) in [6.45, 7) is 0.810. The van der Waals surface area contributed by atoms with Crippen LogP contribution in [0.3, 0.4) is 0 Å². The quantitative estimate of drug-likeness (QED) is 0.832. The summed E-state index contributed by atoms with van der Waals surface area (Å²) < 4.78 is 7.09. The zero-order chi connectivity index (χ0) is 13.0. The lowest BCUT2D eigenvalue weighted by Gasteiger charge is -2.05. The Kier molecular flexibility index (Phi) is 4.86. The number of aliphatic hydroxyl groups is 1. The minimum atomic E-state index is 0.182. The maximum atomic E-state index is 8.83. The van der Waals surface area contributed by atoms with Crippen LogP contribution < -0.4 is 5.32 Å². The highest BCUT2D eigenvalue weighted by atomic mass is 79.9. The first-order valence-electron chi connectivity index (χ1n) is 5.56. The summed E-state index contributed by atoms with van der Waals surface area (Å²) in [5, 5.41) is 12.1. The molecule has 0 aliphatic carbocycles. The van der Waals surface area contributed by atoms with E-state index < -0.39 is 0 Å². The first kappa shape index (κ1) is 13.6. The van der Waals surface area contributed by atoms with Gasteiger partial charge in [-0.2, -0.15) is 0 Å². The highest BCUT2D eigenvalue weighted by Crippen LogP contribution is 2.27. The van der Waals surface area contributed by atoms with Gasteiger partial charge in [0.25, 0.3) is 0 Å². The smallest absolute Gasteiger partial charge is 0.183 e. The van der Waals surface area contributed by atoms with Crippen LogP contribution in [0.2, 0.25) is 0 Å². The lowest BCUT2D eigenvalue weighted by atomic mass is 10.1. The Morgan fingerprint density at radius 2 is 1.89 bits per heavy atom. The Morgan fingerprint density at radius 3 is 2.44 bits per heavy atom. The zero-order valence-electron chi connectivity index (χ0n) is 9.62. The van der Waals surface area contributed by atoms with Crippen LogP contribution in [0, 0.1) is 0 Å². The number of benzene rings is 1. The molecule has 2 rings (SSSR count). The van der Waals surface area contributed by atoms with Crippen molar-refractivity contribution in [1.29, 1.82) is 0 Å². The van der Waals surface area contributed by atoms with Gasteiger partial charge >= 0.3 is 0 Å². The van der Waals surface area contributed by atoms with Gasteiger partial charge in [-0.05, 0) is 62.0 Å². The van der Waals surface area contributed by atoms with Crippen LogP contribution in [0.4, 0.5) is 5.69 Å². The van der Waals surface area contributed by atoms with Crippen LogP contribution >= 0.6 is 31.9 Å². The largest absolute Gasteiger partial charge is 0.451 e. The molecule has 0 amide bonds. The third-order valence-electron chi connectivity index (χ3n) is 2.52. The number of halogens is 2. The lowest BCUT2D eigenvalue weighted by Crippen LogP contribution is -1.98. The van der Waals surface area contributed by atoms with Crippen LogP contribution in [0.1, 0.15) is 11.3 Å². The predicted molar refractivity (Wildman–Crippen MR) is 78.7 cm³/mol. The minimum Gasteiger partial charge on any atom is -0.451 e. The molecule has 0 atom stereocenters. The third-order valence-corrected chi connectivity index (χ3v) is 4.23. The maximum Gasteiger partial charge on any atom is 0.183 e. The van der Waals surface area contributed by atoms with Crippen molar-refractivity contribution in [3.05, 3.63) is 50.8 Å². The monoisotopic (exact) mass is 373 g/mol. The normalized spacial score (nSPS) is 10.6. The van der Waals surface area contributed by atoms with Gasteiger partial charge in [0.2, 0.25) is 0 Å². The van der Waals surface area contributed by atoms with Gasteiger partial charge in [-0.3, -0.25) is 0 Å². The number of furan rings is 1. The molecule has 0 unspecified atom stereocenters. The number of hydrogen-bond acceptors (Lipinski definition) is 3. The van der Waals surface area contributed by atoms with Gasteiger partial charge < -0.3 is 14.8 Å². The van der Waals surface area contributed by atoms with Gasteiger partial charge in [-0.1, -0.05) is 12.1 Å². The number of nitrogens with one attached hydrogen (secondary N) is 1. The van der Waals surface area contributed by atoms with E-state index >= 15 is 0 Å². The summed E-state index contributed by atoms with van der Waals surface area (Å²) in [6, 6.07) is 9.94. The van der Waals surface area contributed by atoms with E-state index in [1.165, 1.54) is 0 Å². The van der Waals surface area contributed by atoms with E-state index in [0.717, 1.165) is 21.5 Å². The van der Waals surface area contributed by atoms with Gasteiger partial charge in [0, 0.05) is 12.3 Å². The summed E-state index contributed by atoms with van der Waals surface area (Å²) in [6.07, 6.45) is 0.693. The van der Waals surface area contributed by atoms with Gasteiger partial charge in [0.05, 0.1) is 11.0 Å². The van der Waals surface area contributed by atoms with Crippen LogP contribution in [0.5, 0.6) is 0 Å². The molecule has 0 spiro atoms. The molecule has 1 heterocycles. The Bertz CT molecular complexity index is 489. The molecule has 0 fully saturated rings. The molecule has 96 valence electrons. The number of rotatable bonds is 5. The fourth-order valence-electron chi connectivity index (χ4n) is 1.59. The summed E-state index contributed by atoms with van der Waals surface area (Å²) >= 11 is 6.68. The number of aliphatic hydroxyl groups excluding tert-OH is 1. The first-order chi connectivity index (χ1) is 8.69. The van der Waals surface area contributed by atoms with Gasteiger partial charge in [-0.15, -0.1) is 0 Å². The van der Waals surface area contributed by atoms with Crippen LogP contribution in [-0.4, -0.2) is 11.7 Å². The predicted octanol–water partition coefficient (Wildman–Crippen LogP) is 3.95. The molecule has 0 bridgehead atoms. The molecule has 1 aromatic heterocycles. The molecule has 5 heteroatoms. The number of hydrogen-bond donors (Lipinski definition) is 2. The van der Waals surface area contributed by atoms with Crippen molar-refractivity contribution in [3.63, 3.8) is 0 Å². The molecule has 2 aromatic rings. The van der Waals surface area contributed by atoms with E-state index in [1.807, 2.05) is 30.3 Å². The second-order valence-electron chi connectivity index (χ2n) is 3.86. The first-order valence-corrected chi connectivity index (χ1v) is 7.15. The molecule has 1 aromatic carbocycles. The van der Waals surface area contributed by atoms with Crippen LogP contribution in [-0.2, 0) is 13.0 Å². The van der Waals surface area contributed by atoms with Gasteiger partial charge in [-0.25, -0.2) is 0 Å². The van der Waals surface area contributed by atoms with E-state index in [-0.39, 0.29) is 6.61 Å². The highest BCUT2D eigenvalue weighted by molar-refractivity contribution is 9.13. The Labute approximate surface area is 122 Å². The second-order valence-corrected chi connectivity index (χ2v) is 5.43. The Balaban J connectivity index is 1.93. The van der Waals surface area contributed by atoms with E-state index in [0.29, 0.717) is 17.6 Å². The van der Waals surface area contributed by atoms with Crippen LogP contribution in [0.25, 0.3) is 0 Å². The lowest BCUT2D eigenvalue weighted by molar-refractivity contribution is 0.299. The van der Waals surface area contributed by atoms with E-state index in [9.17, 15) is 0 Å². The summed E-state index contributed by atoms with van der Waals surface area (Å²) in [5.74, 6) is 0.855. The van der Waals surface area contributed by atoms with Crippen molar-refractivity contribution < 1.29 is 9.52 Å². The fourth-order valence-corrected chi connectivity index (χ4v) is 2.24. The molecule has 18 heavy (non-hydrogen) atoms. The molecule has 2 N–H and O–H groups in total. The topological polar surface area (TPSA) is 45.4 Å². The molecule has 3 nitrogen and oxygen atoms in total. The number of anilines is 1. The van der Waals surface area contributed by atoms with Crippen molar-refractivity contribution in [1.82, 2.24) is 0 Å². The van der Waals surface area contributed by atoms with Crippen molar-refractivity contribution in [2.75, 3.05) is 11.9 Å². The molecule has 0 saturated heterocycles.